The van der Waals surface area contributed by atoms with Gasteiger partial charge in [-0.15, -0.1) is 0 Å². The van der Waals surface area contributed by atoms with E-state index in [9.17, 15) is 9.59 Å². The number of carboxylic acids is 1. The van der Waals surface area contributed by atoms with Crippen molar-refractivity contribution in [1.29, 1.82) is 0 Å². The Balaban J connectivity index is 2.36. The summed E-state index contributed by atoms with van der Waals surface area (Å²) in [7, 11) is 0. The Morgan fingerprint density at radius 3 is 3.00 bits per heavy atom. The maximum absolute atomic E-state index is 11.1. The number of carboxylic acid groups (broad SMARTS) is 1. The number of rotatable bonds is 1. The van der Waals surface area contributed by atoms with Crippen molar-refractivity contribution in [2.24, 2.45) is 11.0 Å². The summed E-state index contributed by atoms with van der Waals surface area (Å²) in [4.78, 5) is 21.6. The first-order valence-corrected chi connectivity index (χ1v) is 3.69. The zero-order chi connectivity index (χ0) is 9.42. The number of aliphatic carboxylic acids is 1. The standard InChI is InChI=1S/C8H6N2O3/c11-7-5-3-4(8(12)13)1-2-6(5)9-10-7/h1-3,5H,(H,10,11)(H,12,13)/t5-/m1/s1. The average Bonchev–Trinajstić information content (AvgIpc) is 2.47. The summed E-state index contributed by atoms with van der Waals surface area (Å²) in [5, 5.41) is 12.4. The lowest BCUT2D eigenvalue weighted by molar-refractivity contribution is -0.132. The highest BCUT2D eigenvalue weighted by Crippen LogP contribution is 2.18. The van der Waals surface area contributed by atoms with Gasteiger partial charge in [0.25, 0.3) is 5.91 Å². The van der Waals surface area contributed by atoms with Crippen LogP contribution in [0.25, 0.3) is 0 Å². The van der Waals surface area contributed by atoms with Gasteiger partial charge in [0.1, 0.15) is 5.92 Å². The molecule has 0 saturated heterocycles. The highest BCUT2D eigenvalue weighted by Gasteiger charge is 2.29. The Kier molecular flexibility index (Phi) is 1.51. The molecule has 1 aliphatic carbocycles. The average molecular weight is 178 g/mol. The number of hydrogen-bond donors (Lipinski definition) is 2. The van der Waals surface area contributed by atoms with Crippen molar-refractivity contribution in [2.45, 2.75) is 0 Å². The lowest BCUT2D eigenvalue weighted by Crippen LogP contribution is -2.23. The molecule has 0 aromatic rings. The Morgan fingerprint density at radius 2 is 2.31 bits per heavy atom. The van der Waals surface area contributed by atoms with E-state index in [1.54, 1.807) is 0 Å². The Hall–Kier alpha value is -1.91. The van der Waals surface area contributed by atoms with E-state index in [0.29, 0.717) is 5.71 Å². The molecule has 0 unspecified atom stereocenters. The van der Waals surface area contributed by atoms with Crippen molar-refractivity contribution in [2.75, 3.05) is 0 Å². The number of hydrogen-bond acceptors (Lipinski definition) is 3. The topological polar surface area (TPSA) is 78.8 Å². The number of allylic oxidation sites excluding steroid dienone is 1. The molecule has 5 heteroatoms. The third kappa shape index (κ3) is 1.14. The fourth-order valence-corrected chi connectivity index (χ4v) is 1.25. The highest BCUT2D eigenvalue weighted by atomic mass is 16.4. The Labute approximate surface area is 73.4 Å². The monoisotopic (exact) mass is 178 g/mol. The summed E-state index contributed by atoms with van der Waals surface area (Å²) in [6.07, 6.45) is 4.35. The number of fused-ring (bicyclic) bond motifs is 1. The van der Waals surface area contributed by atoms with Crippen LogP contribution < -0.4 is 5.43 Å². The fourth-order valence-electron chi connectivity index (χ4n) is 1.25. The van der Waals surface area contributed by atoms with Gasteiger partial charge in [-0.3, -0.25) is 4.79 Å². The molecule has 0 aromatic carbocycles. The van der Waals surface area contributed by atoms with Gasteiger partial charge >= 0.3 is 5.97 Å². The molecule has 0 bridgehead atoms. The first-order chi connectivity index (χ1) is 6.18. The lowest BCUT2D eigenvalue weighted by atomic mass is 9.95. The Bertz CT molecular complexity index is 379. The molecule has 66 valence electrons. The van der Waals surface area contributed by atoms with Crippen molar-refractivity contribution in [1.82, 2.24) is 5.43 Å². The highest BCUT2D eigenvalue weighted by molar-refractivity contribution is 6.17. The maximum Gasteiger partial charge on any atom is 0.335 e. The van der Waals surface area contributed by atoms with Gasteiger partial charge in [0, 0.05) is 0 Å². The molecule has 0 saturated carbocycles. The molecular formula is C8H6N2O3. The van der Waals surface area contributed by atoms with Crippen LogP contribution in [0.2, 0.25) is 0 Å². The number of carbonyl (C=O) groups excluding carboxylic acids is 1. The molecule has 1 aliphatic heterocycles. The van der Waals surface area contributed by atoms with Crippen molar-refractivity contribution in [3.05, 3.63) is 23.8 Å². The molecule has 0 spiro atoms. The summed E-state index contributed by atoms with van der Waals surface area (Å²) in [6, 6.07) is 0. The predicted molar refractivity (Wildman–Crippen MR) is 43.9 cm³/mol. The van der Waals surface area contributed by atoms with Gasteiger partial charge < -0.3 is 5.11 Å². The van der Waals surface area contributed by atoms with Crippen LogP contribution in [0.15, 0.2) is 28.9 Å². The molecule has 1 amide bonds. The van der Waals surface area contributed by atoms with Gasteiger partial charge in [-0.1, -0.05) is 6.08 Å². The number of hydrazone groups is 1. The normalized spacial score (nSPS) is 24.6. The molecule has 0 aromatic heterocycles. The molecular weight excluding hydrogens is 172 g/mol. The third-order valence-corrected chi connectivity index (χ3v) is 1.92. The SMILES string of the molecule is O=C(O)C1=C[C@H]2C(=O)NN=C2C=C1. The summed E-state index contributed by atoms with van der Waals surface area (Å²) < 4.78 is 0. The minimum atomic E-state index is -1.03. The van der Waals surface area contributed by atoms with Gasteiger partial charge in [0.15, 0.2) is 0 Å². The van der Waals surface area contributed by atoms with Crippen molar-refractivity contribution in [3.8, 4) is 0 Å². The van der Waals surface area contributed by atoms with Crippen LogP contribution in [0, 0.1) is 5.92 Å². The first kappa shape index (κ1) is 7.72. The van der Waals surface area contributed by atoms with Gasteiger partial charge in [-0.05, 0) is 12.2 Å². The lowest BCUT2D eigenvalue weighted by Gasteiger charge is -2.07. The summed E-state index contributed by atoms with van der Waals surface area (Å²) >= 11 is 0. The predicted octanol–water partition coefficient (Wildman–Crippen LogP) is -0.331. The smallest absolute Gasteiger partial charge is 0.335 e. The molecule has 0 fully saturated rings. The fraction of sp³-hybridized carbons (Fsp3) is 0.125. The van der Waals surface area contributed by atoms with Crippen LogP contribution in [0.4, 0.5) is 0 Å². The van der Waals surface area contributed by atoms with Crippen LogP contribution in [0.5, 0.6) is 0 Å². The second-order valence-corrected chi connectivity index (χ2v) is 2.75. The zero-order valence-electron chi connectivity index (χ0n) is 6.52. The summed E-state index contributed by atoms with van der Waals surface area (Å²) in [6.45, 7) is 0. The van der Waals surface area contributed by atoms with Gasteiger partial charge in [0.05, 0.1) is 11.3 Å². The minimum absolute atomic E-state index is 0.126. The van der Waals surface area contributed by atoms with Crippen LogP contribution in [0.3, 0.4) is 0 Å². The van der Waals surface area contributed by atoms with E-state index >= 15 is 0 Å². The van der Waals surface area contributed by atoms with Crippen molar-refractivity contribution in [3.63, 3.8) is 0 Å². The first-order valence-electron chi connectivity index (χ1n) is 3.69. The molecule has 5 nitrogen and oxygen atoms in total. The van der Waals surface area contributed by atoms with E-state index in [0.717, 1.165) is 0 Å². The largest absolute Gasteiger partial charge is 0.478 e. The van der Waals surface area contributed by atoms with E-state index in [1.807, 2.05) is 0 Å². The summed E-state index contributed by atoms with van der Waals surface area (Å²) in [5.41, 5.74) is 2.97. The zero-order valence-corrected chi connectivity index (χ0v) is 6.52. The van der Waals surface area contributed by atoms with Crippen LogP contribution >= 0.6 is 0 Å². The molecule has 0 radical (unpaired) electrons. The van der Waals surface area contributed by atoms with Gasteiger partial charge in [-0.25, -0.2) is 10.2 Å². The molecule has 13 heavy (non-hydrogen) atoms. The van der Waals surface area contributed by atoms with Crippen molar-refractivity contribution < 1.29 is 14.7 Å². The third-order valence-electron chi connectivity index (χ3n) is 1.92. The van der Waals surface area contributed by atoms with E-state index in [4.69, 9.17) is 5.11 Å². The number of nitrogens with one attached hydrogen (secondary N) is 1. The van der Waals surface area contributed by atoms with Gasteiger partial charge in [0.2, 0.25) is 0 Å². The molecule has 1 heterocycles. The van der Waals surface area contributed by atoms with E-state index in [1.165, 1.54) is 18.2 Å². The maximum atomic E-state index is 11.1. The van der Waals surface area contributed by atoms with E-state index in [2.05, 4.69) is 10.5 Å². The van der Waals surface area contributed by atoms with Crippen LogP contribution in [-0.2, 0) is 9.59 Å². The number of amides is 1. The van der Waals surface area contributed by atoms with Crippen molar-refractivity contribution >= 4 is 17.6 Å². The summed E-state index contributed by atoms with van der Waals surface area (Å²) in [5.74, 6) is -1.84. The van der Waals surface area contributed by atoms with Crippen LogP contribution in [-0.4, -0.2) is 22.7 Å². The van der Waals surface area contributed by atoms with Gasteiger partial charge in [-0.2, -0.15) is 5.10 Å². The second-order valence-electron chi connectivity index (χ2n) is 2.75. The quantitative estimate of drug-likeness (QED) is 0.577. The molecule has 2 aliphatic rings. The minimum Gasteiger partial charge on any atom is -0.478 e. The van der Waals surface area contributed by atoms with E-state index in [-0.39, 0.29) is 11.5 Å². The molecule has 2 rings (SSSR count). The molecule has 1 atom stereocenters. The number of carbonyl (C=O) groups is 2. The Morgan fingerprint density at radius 1 is 1.54 bits per heavy atom. The molecule has 2 N–H and O–H groups in total. The second kappa shape index (κ2) is 2.55. The van der Waals surface area contributed by atoms with Crippen LogP contribution in [0.1, 0.15) is 0 Å². The van der Waals surface area contributed by atoms with E-state index < -0.39 is 11.9 Å². The number of nitrogens with zero attached hydrogens (tertiary/aromatic N) is 1.